The molecule has 3 rings (SSSR count). The fourth-order valence-corrected chi connectivity index (χ4v) is 5.00. The number of sulfonamides is 1. The summed E-state index contributed by atoms with van der Waals surface area (Å²) < 4.78 is 29.2. The van der Waals surface area contributed by atoms with Crippen molar-refractivity contribution in [2.75, 3.05) is 13.1 Å². The molecule has 0 atom stereocenters. The normalized spacial score (nSPS) is 16.7. The van der Waals surface area contributed by atoms with Crippen LogP contribution >= 0.6 is 0 Å². The monoisotopic (exact) mass is 392 g/mol. The fraction of sp³-hybridized carbons (Fsp3) is 0.500. The van der Waals surface area contributed by atoms with Crippen LogP contribution in [0.15, 0.2) is 41.6 Å². The number of rotatable bonds is 6. The Morgan fingerprint density at radius 1 is 1.30 bits per heavy atom. The van der Waals surface area contributed by atoms with Crippen LogP contribution in [0.5, 0.6) is 0 Å². The second-order valence-corrected chi connectivity index (χ2v) is 9.13. The summed E-state index contributed by atoms with van der Waals surface area (Å²) in [5, 5.41) is 10.9. The van der Waals surface area contributed by atoms with Gasteiger partial charge in [0.25, 0.3) is 5.69 Å². The first-order valence-corrected chi connectivity index (χ1v) is 10.5. The van der Waals surface area contributed by atoms with Crippen LogP contribution in [0.3, 0.4) is 0 Å². The number of imidazole rings is 1. The lowest BCUT2D eigenvalue weighted by Gasteiger charge is -2.31. The number of aromatic nitrogens is 2. The Morgan fingerprint density at radius 3 is 2.63 bits per heavy atom. The summed E-state index contributed by atoms with van der Waals surface area (Å²) in [4.78, 5) is 14.7. The SMILES string of the molecule is CC(C)c1nccn1CC1CCN(S(=O)(=O)c2cccc([N+](=O)[O-])c2)CC1. The average molecular weight is 392 g/mol. The minimum absolute atomic E-state index is 0.0214. The lowest BCUT2D eigenvalue weighted by atomic mass is 9.98. The molecule has 0 unspecified atom stereocenters. The van der Waals surface area contributed by atoms with Crippen LogP contribution in [0, 0.1) is 16.0 Å². The van der Waals surface area contributed by atoms with E-state index in [9.17, 15) is 18.5 Å². The third kappa shape index (κ3) is 4.19. The second-order valence-electron chi connectivity index (χ2n) is 7.19. The van der Waals surface area contributed by atoms with Crippen LogP contribution in [0.2, 0.25) is 0 Å². The maximum absolute atomic E-state index is 12.8. The summed E-state index contributed by atoms with van der Waals surface area (Å²) in [6.45, 7) is 5.88. The summed E-state index contributed by atoms with van der Waals surface area (Å²) in [6, 6.07) is 5.24. The number of non-ortho nitro benzene ring substituents is 1. The molecule has 0 saturated carbocycles. The van der Waals surface area contributed by atoms with E-state index in [4.69, 9.17) is 0 Å². The second kappa shape index (κ2) is 7.77. The highest BCUT2D eigenvalue weighted by Crippen LogP contribution is 2.27. The molecule has 8 nitrogen and oxygen atoms in total. The van der Waals surface area contributed by atoms with Crippen molar-refractivity contribution in [3.63, 3.8) is 0 Å². The van der Waals surface area contributed by atoms with Crippen molar-refractivity contribution in [2.24, 2.45) is 5.92 Å². The number of nitro benzene ring substituents is 1. The number of nitro groups is 1. The molecule has 1 saturated heterocycles. The first-order chi connectivity index (χ1) is 12.8. The van der Waals surface area contributed by atoms with Gasteiger partial charge in [0, 0.05) is 50.1 Å². The summed E-state index contributed by atoms with van der Waals surface area (Å²) in [7, 11) is -3.72. The van der Waals surface area contributed by atoms with Gasteiger partial charge in [-0.15, -0.1) is 0 Å². The number of nitrogens with zero attached hydrogens (tertiary/aromatic N) is 4. The van der Waals surface area contributed by atoms with E-state index in [-0.39, 0.29) is 10.6 Å². The maximum Gasteiger partial charge on any atom is 0.270 e. The summed E-state index contributed by atoms with van der Waals surface area (Å²) in [6.07, 6.45) is 5.28. The van der Waals surface area contributed by atoms with E-state index in [1.807, 2.05) is 6.20 Å². The van der Waals surface area contributed by atoms with Crippen molar-refractivity contribution in [1.82, 2.24) is 13.9 Å². The smallest absolute Gasteiger partial charge is 0.270 e. The van der Waals surface area contributed by atoms with Crippen LogP contribution in [0.4, 0.5) is 5.69 Å². The van der Waals surface area contributed by atoms with Crippen molar-refractivity contribution >= 4 is 15.7 Å². The molecule has 0 amide bonds. The van der Waals surface area contributed by atoms with Gasteiger partial charge in [-0.2, -0.15) is 4.31 Å². The zero-order chi connectivity index (χ0) is 19.6. The summed E-state index contributed by atoms with van der Waals surface area (Å²) in [5.74, 6) is 1.77. The summed E-state index contributed by atoms with van der Waals surface area (Å²) >= 11 is 0. The summed E-state index contributed by atoms with van der Waals surface area (Å²) in [5.41, 5.74) is -0.215. The molecule has 1 fully saturated rings. The van der Waals surface area contributed by atoms with Gasteiger partial charge in [-0.1, -0.05) is 19.9 Å². The highest BCUT2D eigenvalue weighted by atomic mass is 32.2. The minimum Gasteiger partial charge on any atom is -0.334 e. The Kier molecular flexibility index (Phi) is 5.61. The van der Waals surface area contributed by atoms with E-state index < -0.39 is 14.9 Å². The molecule has 1 aliphatic rings. The molecule has 0 bridgehead atoms. The molecule has 0 radical (unpaired) electrons. The molecular weight excluding hydrogens is 368 g/mol. The zero-order valence-electron chi connectivity index (χ0n) is 15.5. The van der Waals surface area contributed by atoms with Crippen LogP contribution < -0.4 is 0 Å². The lowest BCUT2D eigenvalue weighted by molar-refractivity contribution is -0.385. The van der Waals surface area contributed by atoms with Gasteiger partial charge < -0.3 is 4.57 Å². The Hall–Kier alpha value is -2.26. The van der Waals surface area contributed by atoms with Gasteiger partial charge in [0.05, 0.1) is 9.82 Å². The van der Waals surface area contributed by atoms with E-state index in [1.54, 1.807) is 6.20 Å². The Balaban J connectivity index is 1.67. The quantitative estimate of drug-likeness (QED) is 0.556. The molecule has 0 N–H and O–H groups in total. The largest absolute Gasteiger partial charge is 0.334 e. The predicted octanol–water partition coefficient (Wildman–Crippen LogP) is 3.02. The predicted molar refractivity (Wildman–Crippen MR) is 101 cm³/mol. The number of hydrogen-bond acceptors (Lipinski definition) is 5. The van der Waals surface area contributed by atoms with Gasteiger partial charge in [0.2, 0.25) is 10.0 Å². The molecule has 1 aromatic heterocycles. The highest BCUT2D eigenvalue weighted by Gasteiger charge is 2.30. The molecule has 0 aliphatic carbocycles. The number of benzene rings is 1. The molecule has 27 heavy (non-hydrogen) atoms. The number of piperidine rings is 1. The number of hydrogen-bond donors (Lipinski definition) is 0. The van der Waals surface area contributed by atoms with Gasteiger partial charge in [0.15, 0.2) is 0 Å². The average Bonchev–Trinajstić information content (AvgIpc) is 3.10. The first-order valence-electron chi connectivity index (χ1n) is 9.04. The molecule has 2 aromatic rings. The molecule has 9 heteroatoms. The van der Waals surface area contributed by atoms with Crippen molar-refractivity contribution in [1.29, 1.82) is 0 Å². The topological polar surface area (TPSA) is 98.3 Å². The van der Waals surface area contributed by atoms with Crippen molar-refractivity contribution in [2.45, 2.75) is 44.0 Å². The third-order valence-corrected chi connectivity index (χ3v) is 6.85. The van der Waals surface area contributed by atoms with Gasteiger partial charge in [-0.25, -0.2) is 13.4 Å². The van der Waals surface area contributed by atoms with E-state index in [0.717, 1.165) is 31.3 Å². The molecule has 1 aromatic carbocycles. The van der Waals surface area contributed by atoms with E-state index in [1.165, 1.54) is 22.5 Å². The van der Waals surface area contributed by atoms with Crippen LogP contribution in [-0.4, -0.2) is 40.3 Å². The van der Waals surface area contributed by atoms with Crippen molar-refractivity contribution in [3.05, 3.63) is 52.6 Å². The molecule has 1 aliphatic heterocycles. The Bertz CT molecular complexity index is 915. The highest BCUT2D eigenvalue weighted by molar-refractivity contribution is 7.89. The molecule has 0 spiro atoms. The maximum atomic E-state index is 12.8. The van der Waals surface area contributed by atoms with Gasteiger partial charge in [0.1, 0.15) is 5.82 Å². The van der Waals surface area contributed by atoms with Crippen LogP contribution in [-0.2, 0) is 16.6 Å². The van der Waals surface area contributed by atoms with Crippen LogP contribution in [0.1, 0.15) is 38.4 Å². The third-order valence-electron chi connectivity index (χ3n) is 4.96. The lowest BCUT2D eigenvalue weighted by Crippen LogP contribution is -2.39. The van der Waals surface area contributed by atoms with Gasteiger partial charge >= 0.3 is 0 Å². The molecular formula is C18H24N4O4S. The molecule has 146 valence electrons. The van der Waals surface area contributed by atoms with E-state index in [2.05, 4.69) is 23.4 Å². The van der Waals surface area contributed by atoms with Gasteiger partial charge in [-0.3, -0.25) is 10.1 Å². The van der Waals surface area contributed by atoms with E-state index in [0.29, 0.717) is 24.9 Å². The van der Waals surface area contributed by atoms with Gasteiger partial charge in [-0.05, 0) is 24.8 Å². The first kappa shape index (κ1) is 19.5. The Morgan fingerprint density at radius 2 is 2.00 bits per heavy atom. The van der Waals surface area contributed by atoms with Crippen molar-refractivity contribution < 1.29 is 13.3 Å². The standard InChI is InChI=1S/C18H24N4O4S/c1-14(2)18-19-8-11-20(18)13-15-6-9-21(10-7-15)27(25,26)17-5-3-4-16(12-17)22(23)24/h3-5,8,11-12,14-15H,6-7,9-10,13H2,1-2H3. The Labute approximate surface area is 159 Å². The zero-order valence-corrected chi connectivity index (χ0v) is 16.3. The minimum atomic E-state index is -3.72. The fourth-order valence-electron chi connectivity index (χ4n) is 3.49. The van der Waals surface area contributed by atoms with Crippen LogP contribution in [0.25, 0.3) is 0 Å². The van der Waals surface area contributed by atoms with Crippen molar-refractivity contribution in [3.8, 4) is 0 Å². The van der Waals surface area contributed by atoms with E-state index >= 15 is 0 Å². The molecule has 2 heterocycles.